The third-order valence-electron chi connectivity index (χ3n) is 4.27. The quantitative estimate of drug-likeness (QED) is 0.334. The van der Waals surface area contributed by atoms with Crippen LogP contribution in [0, 0.1) is 5.92 Å². The van der Waals surface area contributed by atoms with E-state index in [9.17, 15) is 24.6 Å². The lowest BCUT2D eigenvalue weighted by atomic mass is 9.83. The highest BCUT2D eigenvalue weighted by Gasteiger charge is 2.56. The molecule has 7 nitrogen and oxygen atoms in total. The maximum Gasteiger partial charge on any atom is 0.356 e. The number of ether oxygens (including phenoxy) is 1. The predicted molar refractivity (Wildman–Crippen MR) is 97.2 cm³/mol. The largest absolute Gasteiger partial charge is 0.477 e. The fraction of sp³-hybridized carbons (Fsp3) is 0.688. The molecule has 1 amide bonds. The number of carboxylic acid groups (broad SMARTS) is 1. The summed E-state index contributed by atoms with van der Waals surface area (Å²) in [5.74, 6) is -0.320. The lowest BCUT2D eigenvalue weighted by molar-refractivity contribution is -0.161. The number of fused-ring (bicyclic) bond motifs is 1. The van der Waals surface area contributed by atoms with Crippen LogP contribution in [0.1, 0.15) is 20.3 Å². The summed E-state index contributed by atoms with van der Waals surface area (Å²) in [5, 5.41) is 19.2. The molecule has 0 aromatic carbocycles. The zero-order valence-corrected chi connectivity index (χ0v) is 16.2. The molecule has 0 radical (unpaired) electrons. The third-order valence-corrected chi connectivity index (χ3v) is 7.27. The van der Waals surface area contributed by atoms with Gasteiger partial charge < -0.3 is 19.8 Å². The molecule has 0 aromatic heterocycles. The average Bonchev–Trinajstić information content (AvgIpc) is 2.81. The van der Waals surface area contributed by atoms with Gasteiger partial charge in [0.1, 0.15) is 11.4 Å². The van der Waals surface area contributed by atoms with E-state index >= 15 is 0 Å². The second-order valence-corrected chi connectivity index (χ2v) is 9.56. The van der Waals surface area contributed by atoms with Crippen LogP contribution in [0.3, 0.4) is 0 Å². The van der Waals surface area contributed by atoms with Gasteiger partial charge in [-0.05, 0) is 24.7 Å². The van der Waals surface area contributed by atoms with Crippen molar-refractivity contribution in [1.82, 2.24) is 4.90 Å². The van der Waals surface area contributed by atoms with E-state index in [1.807, 2.05) is 6.26 Å². The number of aliphatic hydroxyl groups excluding tert-OH is 1. The highest BCUT2D eigenvalue weighted by molar-refractivity contribution is 8.04. The summed E-state index contributed by atoms with van der Waals surface area (Å²) >= 11 is 1.43. The molecule has 0 aromatic rings. The van der Waals surface area contributed by atoms with Crippen molar-refractivity contribution < 1.29 is 29.3 Å². The van der Waals surface area contributed by atoms with Gasteiger partial charge in [-0.2, -0.15) is 0 Å². The van der Waals surface area contributed by atoms with E-state index in [4.69, 9.17) is 4.74 Å². The number of esters is 1. The zero-order valence-electron chi connectivity index (χ0n) is 14.6. The Labute approximate surface area is 154 Å². The Hall–Kier alpha value is -1.19. The topological polar surface area (TPSA) is 104 Å². The Morgan fingerprint density at radius 1 is 1.48 bits per heavy atom. The molecule has 0 saturated carbocycles. The molecule has 0 aliphatic carbocycles. The van der Waals surface area contributed by atoms with Crippen molar-refractivity contribution in [3.63, 3.8) is 0 Å². The molecule has 0 spiro atoms. The number of aliphatic carboxylic acids is 1. The molecule has 1 fully saturated rings. The number of nitrogens with zero attached hydrogens (tertiary/aromatic N) is 1. The van der Waals surface area contributed by atoms with Crippen molar-refractivity contribution in [2.45, 2.75) is 32.4 Å². The van der Waals surface area contributed by atoms with E-state index in [2.05, 4.69) is 0 Å². The van der Waals surface area contributed by atoms with Gasteiger partial charge in [0.2, 0.25) is 11.7 Å². The monoisotopic (exact) mass is 390 g/mol. The Morgan fingerprint density at radius 3 is 2.72 bits per heavy atom. The van der Waals surface area contributed by atoms with Gasteiger partial charge in [-0.15, -0.1) is 11.8 Å². The number of carbonyl (C=O) groups excluding carboxylic acids is 2. The first-order chi connectivity index (χ1) is 11.8. The van der Waals surface area contributed by atoms with E-state index < -0.39 is 18.0 Å². The standard InChI is InChI=1S/C16H23NO6S2/c1-4-23-12(19)8-25(3)6-5-24-11-7-10-13(9(2)18)15(20)17(10)14(11)16(21)22/h9-10,13,18H,4-8H2,1-3H3/p+1/t9-,10?,13?,25?/m1/s1. The van der Waals surface area contributed by atoms with Crippen LogP contribution in [-0.4, -0.2) is 75.2 Å². The molecule has 2 N–H and O–H groups in total. The Bertz CT molecular complexity index is 591. The van der Waals surface area contributed by atoms with E-state index in [0.29, 0.717) is 29.4 Å². The number of thioether (sulfide) groups is 1. The summed E-state index contributed by atoms with van der Waals surface area (Å²) in [7, 11) is -0.133. The minimum absolute atomic E-state index is 0.0540. The maximum absolute atomic E-state index is 12.1. The van der Waals surface area contributed by atoms with Crippen molar-refractivity contribution in [2.24, 2.45) is 5.92 Å². The van der Waals surface area contributed by atoms with Crippen LogP contribution in [0.25, 0.3) is 0 Å². The Morgan fingerprint density at radius 2 is 2.16 bits per heavy atom. The number of amides is 1. The van der Waals surface area contributed by atoms with E-state index in [0.717, 1.165) is 5.75 Å². The Balaban J connectivity index is 1.92. The number of aliphatic hydroxyl groups is 1. The SMILES string of the molecule is CCOC(=O)C[S+](C)CCSC1=C(C(=O)O)N2C(=O)C([C@@H](C)O)C2C1. The van der Waals surface area contributed by atoms with Crippen LogP contribution in [0.2, 0.25) is 0 Å². The van der Waals surface area contributed by atoms with Gasteiger partial charge in [0.15, 0.2) is 0 Å². The average molecular weight is 391 g/mol. The lowest BCUT2D eigenvalue weighted by Gasteiger charge is -2.44. The van der Waals surface area contributed by atoms with E-state index in [1.54, 1.807) is 13.8 Å². The van der Waals surface area contributed by atoms with Crippen LogP contribution < -0.4 is 0 Å². The molecule has 1 saturated heterocycles. The lowest BCUT2D eigenvalue weighted by Crippen LogP contribution is -2.61. The summed E-state index contributed by atoms with van der Waals surface area (Å²) in [4.78, 5) is 37.1. The second kappa shape index (κ2) is 8.46. The minimum Gasteiger partial charge on any atom is -0.477 e. The van der Waals surface area contributed by atoms with Crippen molar-refractivity contribution >= 4 is 40.5 Å². The fourth-order valence-electron chi connectivity index (χ4n) is 3.14. The van der Waals surface area contributed by atoms with E-state index in [-0.39, 0.29) is 34.5 Å². The third kappa shape index (κ3) is 4.32. The highest BCUT2D eigenvalue weighted by atomic mass is 32.2. The van der Waals surface area contributed by atoms with Gasteiger partial charge in [-0.25, -0.2) is 9.59 Å². The summed E-state index contributed by atoms with van der Waals surface area (Å²) in [6.07, 6.45) is 1.68. The summed E-state index contributed by atoms with van der Waals surface area (Å²) in [6.45, 7) is 3.70. The normalized spacial score (nSPS) is 24.6. The summed E-state index contributed by atoms with van der Waals surface area (Å²) in [5.41, 5.74) is 0.0540. The molecule has 4 atom stereocenters. The van der Waals surface area contributed by atoms with Crippen molar-refractivity contribution in [2.75, 3.05) is 30.1 Å². The molecule has 140 valence electrons. The van der Waals surface area contributed by atoms with Crippen LogP contribution in [-0.2, 0) is 30.0 Å². The first-order valence-corrected chi connectivity index (χ1v) is 11.1. The molecule has 9 heteroatoms. The fourth-order valence-corrected chi connectivity index (χ4v) is 6.10. The maximum atomic E-state index is 12.1. The van der Waals surface area contributed by atoms with Gasteiger partial charge in [0.05, 0.1) is 30.9 Å². The van der Waals surface area contributed by atoms with Crippen LogP contribution in [0.15, 0.2) is 10.6 Å². The predicted octanol–water partition coefficient (Wildman–Crippen LogP) is 0.439. The minimum atomic E-state index is -1.11. The van der Waals surface area contributed by atoms with Gasteiger partial charge in [-0.1, -0.05) is 0 Å². The molecule has 2 heterocycles. The molecule has 0 bridgehead atoms. The van der Waals surface area contributed by atoms with Crippen LogP contribution >= 0.6 is 11.8 Å². The number of hydrogen-bond acceptors (Lipinski definition) is 6. The summed E-state index contributed by atoms with van der Waals surface area (Å²) in [6, 6.07) is -0.250. The molecular weight excluding hydrogens is 366 g/mol. The van der Waals surface area contributed by atoms with Crippen molar-refractivity contribution in [3.05, 3.63) is 10.6 Å². The first kappa shape index (κ1) is 20.1. The molecular formula is C16H24NO6S2+. The van der Waals surface area contributed by atoms with Crippen LogP contribution in [0.4, 0.5) is 0 Å². The van der Waals surface area contributed by atoms with Gasteiger partial charge in [0, 0.05) is 17.1 Å². The summed E-state index contributed by atoms with van der Waals surface area (Å²) < 4.78 is 4.93. The molecule has 25 heavy (non-hydrogen) atoms. The van der Waals surface area contributed by atoms with Gasteiger partial charge in [-0.3, -0.25) is 4.79 Å². The van der Waals surface area contributed by atoms with Crippen molar-refractivity contribution in [1.29, 1.82) is 0 Å². The molecule has 2 rings (SSSR count). The van der Waals surface area contributed by atoms with Gasteiger partial charge >= 0.3 is 11.9 Å². The van der Waals surface area contributed by atoms with Crippen molar-refractivity contribution in [3.8, 4) is 0 Å². The number of carbonyl (C=O) groups is 3. The zero-order chi connectivity index (χ0) is 18.7. The van der Waals surface area contributed by atoms with Gasteiger partial charge in [0.25, 0.3) is 0 Å². The smallest absolute Gasteiger partial charge is 0.356 e. The number of carboxylic acids is 1. The molecule has 2 aliphatic rings. The number of rotatable bonds is 9. The molecule has 3 unspecified atom stereocenters. The van der Waals surface area contributed by atoms with Crippen LogP contribution in [0.5, 0.6) is 0 Å². The first-order valence-electron chi connectivity index (χ1n) is 8.13. The Kier molecular flexibility index (Phi) is 6.81. The molecule has 2 aliphatic heterocycles. The van der Waals surface area contributed by atoms with E-state index in [1.165, 1.54) is 16.7 Å². The number of β-lactam (4-membered cyclic amide) rings is 1. The highest BCUT2D eigenvalue weighted by Crippen LogP contribution is 2.46. The second-order valence-electron chi connectivity index (χ2n) is 6.11. The number of hydrogen-bond donors (Lipinski definition) is 2.